The van der Waals surface area contributed by atoms with E-state index in [4.69, 9.17) is 6.42 Å². The van der Waals surface area contributed by atoms with Crippen LogP contribution in [0.3, 0.4) is 0 Å². The number of nitrogens with one attached hydrogen (secondary N) is 2. The Bertz CT molecular complexity index is 1000. The monoisotopic (exact) mass is 373 g/mol. The lowest BCUT2D eigenvalue weighted by atomic mass is 10.0. The van der Waals surface area contributed by atoms with Gasteiger partial charge >= 0.3 is 0 Å². The van der Waals surface area contributed by atoms with Crippen LogP contribution in [0.25, 0.3) is 0 Å². The van der Waals surface area contributed by atoms with Gasteiger partial charge in [0.05, 0.1) is 0 Å². The number of imide groups is 1. The Morgan fingerprint density at radius 1 is 1.14 bits per heavy atom. The first-order valence-electron chi connectivity index (χ1n) is 9.12. The number of fused-ring (bicyclic) bond motifs is 1. The van der Waals surface area contributed by atoms with Crippen molar-refractivity contribution in [1.29, 1.82) is 0 Å². The van der Waals surface area contributed by atoms with Crippen molar-refractivity contribution < 1.29 is 14.4 Å². The molecule has 6 heteroatoms. The number of carbonyl (C=O) groups excluding carboxylic acids is 3. The van der Waals surface area contributed by atoms with E-state index in [1.165, 1.54) is 0 Å². The third-order valence-electron chi connectivity index (χ3n) is 5.14. The van der Waals surface area contributed by atoms with Gasteiger partial charge in [-0.15, -0.1) is 6.42 Å². The lowest BCUT2D eigenvalue weighted by Crippen LogP contribution is -2.52. The van der Waals surface area contributed by atoms with Gasteiger partial charge in [-0.05, 0) is 47.9 Å². The number of carbonyl (C=O) groups is 3. The van der Waals surface area contributed by atoms with Crippen molar-refractivity contribution in [2.75, 3.05) is 5.32 Å². The second kappa shape index (κ2) is 7.20. The van der Waals surface area contributed by atoms with Gasteiger partial charge in [-0.1, -0.05) is 18.1 Å². The van der Waals surface area contributed by atoms with Crippen LogP contribution >= 0.6 is 0 Å². The normalized spacial score (nSPS) is 18.5. The van der Waals surface area contributed by atoms with Gasteiger partial charge in [0.25, 0.3) is 5.91 Å². The minimum Gasteiger partial charge on any atom is -0.381 e. The van der Waals surface area contributed by atoms with Crippen LogP contribution in [0.4, 0.5) is 5.69 Å². The fourth-order valence-electron chi connectivity index (χ4n) is 3.61. The van der Waals surface area contributed by atoms with Crippen LogP contribution in [0.2, 0.25) is 0 Å². The number of benzene rings is 2. The van der Waals surface area contributed by atoms with Gasteiger partial charge in [0.15, 0.2) is 0 Å². The number of rotatable bonds is 4. The zero-order chi connectivity index (χ0) is 19.7. The highest BCUT2D eigenvalue weighted by Crippen LogP contribution is 2.29. The van der Waals surface area contributed by atoms with Crippen molar-refractivity contribution in [3.05, 3.63) is 64.7 Å². The summed E-state index contributed by atoms with van der Waals surface area (Å²) in [4.78, 5) is 37.7. The number of terminal acetylenes is 1. The first-order valence-corrected chi connectivity index (χ1v) is 9.12. The smallest absolute Gasteiger partial charge is 0.255 e. The van der Waals surface area contributed by atoms with E-state index in [1.54, 1.807) is 11.0 Å². The lowest BCUT2D eigenvalue weighted by Gasteiger charge is -2.29. The molecule has 0 aliphatic carbocycles. The van der Waals surface area contributed by atoms with Gasteiger partial charge < -0.3 is 10.2 Å². The molecule has 2 aliphatic heterocycles. The molecule has 0 saturated carbocycles. The van der Waals surface area contributed by atoms with Crippen molar-refractivity contribution in [2.24, 2.45) is 0 Å². The molecule has 1 fully saturated rings. The highest BCUT2D eigenvalue weighted by atomic mass is 16.2. The third kappa shape index (κ3) is 3.35. The molecule has 2 aromatic rings. The van der Waals surface area contributed by atoms with E-state index in [1.807, 2.05) is 36.4 Å². The van der Waals surface area contributed by atoms with Crippen molar-refractivity contribution in [2.45, 2.75) is 32.0 Å². The molecule has 2 heterocycles. The number of anilines is 1. The molecular formula is C22H19N3O3. The van der Waals surface area contributed by atoms with Crippen LogP contribution in [-0.4, -0.2) is 28.7 Å². The molecule has 2 N–H and O–H groups in total. The summed E-state index contributed by atoms with van der Waals surface area (Å²) in [5, 5.41) is 5.66. The Kier molecular flexibility index (Phi) is 4.58. The van der Waals surface area contributed by atoms with E-state index in [0.717, 1.165) is 22.4 Å². The molecule has 0 bridgehead atoms. The second-order valence-corrected chi connectivity index (χ2v) is 6.97. The van der Waals surface area contributed by atoms with Gasteiger partial charge in [-0.2, -0.15) is 0 Å². The van der Waals surface area contributed by atoms with E-state index in [-0.39, 0.29) is 18.2 Å². The summed E-state index contributed by atoms with van der Waals surface area (Å²) in [7, 11) is 0. The summed E-state index contributed by atoms with van der Waals surface area (Å²) in [6.07, 6.45) is 5.99. The minimum atomic E-state index is -0.594. The van der Waals surface area contributed by atoms with Crippen LogP contribution in [0, 0.1) is 12.3 Å². The Morgan fingerprint density at radius 2 is 1.93 bits per heavy atom. The number of hydrogen-bond acceptors (Lipinski definition) is 4. The largest absolute Gasteiger partial charge is 0.381 e. The Morgan fingerprint density at radius 3 is 2.64 bits per heavy atom. The van der Waals surface area contributed by atoms with Crippen LogP contribution < -0.4 is 10.6 Å². The fraction of sp³-hybridized carbons (Fsp3) is 0.227. The predicted octanol–water partition coefficient (Wildman–Crippen LogP) is 2.04. The van der Waals surface area contributed by atoms with E-state index < -0.39 is 11.9 Å². The van der Waals surface area contributed by atoms with Crippen molar-refractivity contribution >= 4 is 23.4 Å². The summed E-state index contributed by atoms with van der Waals surface area (Å²) in [5.74, 6) is 1.75. The first kappa shape index (κ1) is 17.8. The molecule has 0 spiro atoms. The molecule has 6 nitrogen and oxygen atoms in total. The molecule has 1 saturated heterocycles. The van der Waals surface area contributed by atoms with Gasteiger partial charge in [0, 0.05) is 36.3 Å². The Balaban J connectivity index is 1.45. The van der Waals surface area contributed by atoms with Crippen molar-refractivity contribution in [1.82, 2.24) is 10.2 Å². The first-order chi connectivity index (χ1) is 13.5. The van der Waals surface area contributed by atoms with Crippen LogP contribution in [0.1, 0.15) is 39.9 Å². The minimum absolute atomic E-state index is 0.166. The standard InChI is InChI=1S/C22H19N3O3/c1-2-14-3-5-15(6-4-14)12-23-17-7-8-18-16(11-17)13-25(22(18)28)19-9-10-20(26)24-21(19)27/h1,3-8,11,19,23H,9-10,12-13H2,(H,24,26,27). The van der Waals surface area contributed by atoms with Crippen molar-refractivity contribution in [3.63, 3.8) is 0 Å². The fourth-order valence-corrected chi connectivity index (χ4v) is 3.61. The summed E-state index contributed by atoms with van der Waals surface area (Å²) in [6.45, 7) is 1.00. The number of piperidine rings is 1. The highest BCUT2D eigenvalue weighted by Gasteiger charge is 2.39. The summed E-state index contributed by atoms with van der Waals surface area (Å²) in [5.41, 5.74) is 4.32. The number of amides is 3. The van der Waals surface area contributed by atoms with Crippen LogP contribution in [0.15, 0.2) is 42.5 Å². The Labute approximate surface area is 162 Å². The lowest BCUT2D eigenvalue weighted by molar-refractivity contribution is -0.136. The number of nitrogens with zero attached hydrogens (tertiary/aromatic N) is 1. The zero-order valence-corrected chi connectivity index (χ0v) is 15.2. The molecule has 1 unspecified atom stereocenters. The molecule has 140 valence electrons. The van der Waals surface area contributed by atoms with Crippen LogP contribution in [-0.2, 0) is 22.7 Å². The maximum absolute atomic E-state index is 12.7. The molecule has 2 aromatic carbocycles. The molecule has 4 rings (SSSR count). The molecule has 3 amide bonds. The van der Waals surface area contributed by atoms with E-state index in [0.29, 0.717) is 25.1 Å². The average molecular weight is 373 g/mol. The zero-order valence-electron chi connectivity index (χ0n) is 15.2. The van der Waals surface area contributed by atoms with Gasteiger partial charge in [-0.25, -0.2) is 0 Å². The molecule has 0 radical (unpaired) electrons. The van der Waals surface area contributed by atoms with E-state index in [2.05, 4.69) is 16.6 Å². The molecule has 0 aromatic heterocycles. The van der Waals surface area contributed by atoms with E-state index >= 15 is 0 Å². The summed E-state index contributed by atoms with van der Waals surface area (Å²) >= 11 is 0. The topological polar surface area (TPSA) is 78.5 Å². The summed E-state index contributed by atoms with van der Waals surface area (Å²) in [6, 6.07) is 12.7. The molecule has 2 aliphatic rings. The summed E-state index contributed by atoms with van der Waals surface area (Å²) < 4.78 is 0. The predicted molar refractivity (Wildman–Crippen MR) is 104 cm³/mol. The number of hydrogen-bond donors (Lipinski definition) is 2. The molecule has 28 heavy (non-hydrogen) atoms. The SMILES string of the molecule is C#Cc1ccc(CNc2ccc3c(c2)CN(C2CCC(=O)NC2=O)C3=O)cc1. The van der Waals surface area contributed by atoms with Gasteiger partial charge in [0.2, 0.25) is 11.8 Å². The van der Waals surface area contributed by atoms with Gasteiger partial charge in [0.1, 0.15) is 6.04 Å². The maximum Gasteiger partial charge on any atom is 0.255 e. The highest BCUT2D eigenvalue weighted by molar-refractivity contribution is 6.05. The molecular weight excluding hydrogens is 354 g/mol. The van der Waals surface area contributed by atoms with Crippen LogP contribution in [0.5, 0.6) is 0 Å². The van der Waals surface area contributed by atoms with Crippen molar-refractivity contribution in [3.8, 4) is 12.3 Å². The second-order valence-electron chi connectivity index (χ2n) is 6.97. The maximum atomic E-state index is 12.7. The van der Waals surface area contributed by atoms with E-state index in [9.17, 15) is 14.4 Å². The average Bonchev–Trinajstić information content (AvgIpc) is 3.02. The Hall–Kier alpha value is -3.59. The van der Waals surface area contributed by atoms with Gasteiger partial charge in [-0.3, -0.25) is 19.7 Å². The third-order valence-corrected chi connectivity index (χ3v) is 5.14. The quantitative estimate of drug-likeness (QED) is 0.635. The molecule has 1 atom stereocenters.